The van der Waals surface area contributed by atoms with E-state index >= 15 is 0 Å². The molecule has 0 radical (unpaired) electrons. The van der Waals surface area contributed by atoms with Crippen LogP contribution in [-0.4, -0.2) is 4.57 Å². The molecule has 3 heteroatoms. The van der Waals surface area contributed by atoms with Gasteiger partial charge < -0.3 is 4.57 Å². The summed E-state index contributed by atoms with van der Waals surface area (Å²) in [6, 6.07) is 3.76. The first-order valence-electron chi connectivity index (χ1n) is 2.44. The van der Waals surface area contributed by atoms with E-state index in [1.54, 1.807) is 4.57 Å². The van der Waals surface area contributed by atoms with E-state index in [1.165, 1.54) is 5.54 Å². The van der Waals surface area contributed by atoms with Crippen LogP contribution in [0.15, 0.2) is 30.1 Å². The highest BCUT2D eigenvalue weighted by molar-refractivity contribution is 6.49. The van der Waals surface area contributed by atoms with E-state index in [0.717, 1.165) is 0 Å². The molecule has 0 aliphatic carbocycles. The molecule has 0 bridgehead atoms. The van der Waals surface area contributed by atoms with Crippen molar-refractivity contribution in [3.8, 4) is 0 Å². The van der Waals surface area contributed by atoms with Gasteiger partial charge in [0.05, 0.1) is 0 Å². The predicted molar refractivity (Wildman–Crippen MR) is 40.4 cm³/mol. The fourth-order valence-electron chi connectivity index (χ4n) is 0.533. The summed E-state index contributed by atoms with van der Waals surface area (Å²) in [5.74, 6) is 0. The van der Waals surface area contributed by atoms with Crippen molar-refractivity contribution in [3.05, 3.63) is 30.1 Å². The average Bonchev–Trinajstić information content (AvgIpc) is 2.37. The molecule has 0 saturated heterocycles. The lowest BCUT2D eigenvalue weighted by molar-refractivity contribution is 1.16. The first-order valence-corrected chi connectivity index (χ1v) is 3.25. The molecule has 1 nitrogen and oxygen atoms in total. The Morgan fingerprint density at radius 1 is 1.33 bits per heavy atom. The van der Waals surface area contributed by atoms with Gasteiger partial charge in [-0.05, 0) is 12.1 Å². The summed E-state index contributed by atoms with van der Waals surface area (Å²) in [6.07, 6.45) is 3.64. The minimum atomic E-state index is 0.502. The van der Waals surface area contributed by atoms with Crippen molar-refractivity contribution >= 4 is 28.4 Å². The molecule has 1 aromatic heterocycles. The van der Waals surface area contributed by atoms with Crippen LogP contribution in [0.5, 0.6) is 0 Å². The number of rotatable bonds is 1. The summed E-state index contributed by atoms with van der Waals surface area (Å²) >= 11 is 11.0. The van der Waals surface area contributed by atoms with Gasteiger partial charge in [-0.15, -0.1) is 0 Å². The lowest BCUT2D eigenvalue weighted by atomic mass is 10.7. The van der Waals surface area contributed by atoms with E-state index in [4.69, 9.17) is 23.2 Å². The second kappa shape index (κ2) is 2.95. The molecule has 0 spiro atoms. The average molecular weight is 162 g/mol. The maximum Gasteiger partial charge on any atom is 0.124 e. The minimum Gasteiger partial charge on any atom is -0.314 e. The summed E-state index contributed by atoms with van der Waals surface area (Å²) in [6.45, 7) is 0. The molecule has 9 heavy (non-hydrogen) atoms. The van der Waals surface area contributed by atoms with Crippen molar-refractivity contribution in [1.82, 2.24) is 4.57 Å². The molecule has 48 valence electrons. The van der Waals surface area contributed by atoms with Crippen molar-refractivity contribution in [3.63, 3.8) is 0 Å². The van der Waals surface area contributed by atoms with Crippen LogP contribution >= 0.6 is 23.2 Å². The SMILES string of the molecule is Cl/C=C(\Cl)n1cccc1. The first-order chi connectivity index (χ1) is 4.34. The maximum atomic E-state index is 5.62. The van der Waals surface area contributed by atoms with E-state index < -0.39 is 0 Å². The zero-order chi connectivity index (χ0) is 6.69. The van der Waals surface area contributed by atoms with Crippen LogP contribution in [0, 0.1) is 0 Å². The Morgan fingerprint density at radius 3 is 2.33 bits per heavy atom. The Kier molecular flexibility index (Phi) is 2.20. The second-order valence-electron chi connectivity index (χ2n) is 1.52. The summed E-state index contributed by atoms with van der Waals surface area (Å²) < 4.78 is 1.72. The number of halogens is 2. The molecule has 0 aliphatic heterocycles. The fraction of sp³-hybridized carbons (Fsp3) is 0. The topological polar surface area (TPSA) is 4.93 Å². The number of aromatic nitrogens is 1. The molecule has 0 atom stereocenters. The van der Waals surface area contributed by atoms with Gasteiger partial charge in [0.2, 0.25) is 0 Å². The van der Waals surface area contributed by atoms with Gasteiger partial charge in [-0.1, -0.05) is 23.2 Å². The third kappa shape index (κ3) is 1.50. The Labute approximate surface area is 63.5 Å². The zero-order valence-electron chi connectivity index (χ0n) is 4.59. The molecule has 0 aromatic carbocycles. The van der Waals surface area contributed by atoms with Gasteiger partial charge in [-0.25, -0.2) is 0 Å². The Balaban J connectivity index is 2.90. The molecule has 1 rings (SSSR count). The normalized spacial score (nSPS) is 12.0. The Hall–Kier alpha value is -0.400. The van der Waals surface area contributed by atoms with Crippen molar-refractivity contribution < 1.29 is 0 Å². The van der Waals surface area contributed by atoms with E-state index in [-0.39, 0.29) is 0 Å². The largest absolute Gasteiger partial charge is 0.314 e. The molecule has 0 fully saturated rings. The lowest BCUT2D eigenvalue weighted by Gasteiger charge is -1.94. The Morgan fingerprint density at radius 2 is 1.89 bits per heavy atom. The van der Waals surface area contributed by atoms with Gasteiger partial charge in [0.25, 0.3) is 0 Å². The highest BCUT2D eigenvalue weighted by Crippen LogP contribution is 2.10. The highest BCUT2D eigenvalue weighted by Gasteiger charge is 1.89. The van der Waals surface area contributed by atoms with Gasteiger partial charge in [-0.2, -0.15) is 0 Å². The van der Waals surface area contributed by atoms with E-state index in [2.05, 4.69) is 0 Å². The fourth-order valence-corrected chi connectivity index (χ4v) is 0.759. The number of hydrogen-bond donors (Lipinski definition) is 0. The first kappa shape index (κ1) is 6.72. The van der Waals surface area contributed by atoms with Crippen LogP contribution in [0.25, 0.3) is 5.16 Å². The minimum absolute atomic E-state index is 0.502. The molecule has 0 amide bonds. The van der Waals surface area contributed by atoms with Gasteiger partial charge in [0, 0.05) is 17.9 Å². The third-order valence-electron chi connectivity index (χ3n) is 0.941. The molecule has 0 unspecified atom stereocenters. The predicted octanol–water partition coefficient (Wildman–Crippen LogP) is 2.72. The van der Waals surface area contributed by atoms with Crippen LogP contribution in [0.2, 0.25) is 0 Å². The van der Waals surface area contributed by atoms with Gasteiger partial charge >= 0.3 is 0 Å². The van der Waals surface area contributed by atoms with Crippen LogP contribution in [0.4, 0.5) is 0 Å². The summed E-state index contributed by atoms with van der Waals surface area (Å²) in [4.78, 5) is 0. The molecule has 1 aromatic rings. The molecule has 0 N–H and O–H groups in total. The number of nitrogens with zero attached hydrogens (tertiary/aromatic N) is 1. The van der Waals surface area contributed by atoms with Crippen LogP contribution in [0.1, 0.15) is 0 Å². The van der Waals surface area contributed by atoms with Crippen LogP contribution in [0.3, 0.4) is 0 Å². The van der Waals surface area contributed by atoms with E-state index in [0.29, 0.717) is 5.16 Å². The summed E-state index contributed by atoms with van der Waals surface area (Å²) in [7, 11) is 0. The van der Waals surface area contributed by atoms with Crippen LogP contribution < -0.4 is 0 Å². The van der Waals surface area contributed by atoms with Crippen molar-refractivity contribution in [1.29, 1.82) is 0 Å². The summed E-state index contributed by atoms with van der Waals surface area (Å²) in [5.41, 5.74) is 1.32. The molecule has 1 heterocycles. The standard InChI is InChI=1S/C6H5Cl2N/c7-5-6(8)9-3-1-2-4-9/h1-5H/b6-5+. The summed E-state index contributed by atoms with van der Waals surface area (Å²) in [5, 5.41) is 0.502. The van der Waals surface area contributed by atoms with Gasteiger partial charge in [0.15, 0.2) is 0 Å². The lowest BCUT2D eigenvalue weighted by Crippen LogP contribution is -1.82. The zero-order valence-corrected chi connectivity index (χ0v) is 6.10. The van der Waals surface area contributed by atoms with Crippen molar-refractivity contribution in [2.45, 2.75) is 0 Å². The van der Waals surface area contributed by atoms with Crippen molar-refractivity contribution in [2.24, 2.45) is 0 Å². The quantitative estimate of drug-likeness (QED) is 0.598. The Bertz CT molecular complexity index is 201. The second-order valence-corrected chi connectivity index (χ2v) is 2.13. The van der Waals surface area contributed by atoms with E-state index in [9.17, 15) is 0 Å². The maximum absolute atomic E-state index is 5.62. The smallest absolute Gasteiger partial charge is 0.124 e. The van der Waals surface area contributed by atoms with Crippen LogP contribution in [-0.2, 0) is 0 Å². The monoisotopic (exact) mass is 161 g/mol. The van der Waals surface area contributed by atoms with Gasteiger partial charge in [-0.3, -0.25) is 0 Å². The van der Waals surface area contributed by atoms with Crippen molar-refractivity contribution in [2.75, 3.05) is 0 Å². The molecule has 0 aliphatic rings. The highest BCUT2D eigenvalue weighted by atomic mass is 35.5. The number of hydrogen-bond acceptors (Lipinski definition) is 0. The molecular weight excluding hydrogens is 157 g/mol. The molecular formula is C6H5Cl2N. The van der Waals surface area contributed by atoms with Gasteiger partial charge in [0.1, 0.15) is 5.16 Å². The third-order valence-corrected chi connectivity index (χ3v) is 1.56. The molecule has 0 saturated carbocycles. The van der Waals surface area contributed by atoms with E-state index in [1.807, 2.05) is 24.5 Å².